The van der Waals surface area contributed by atoms with E-state index < -0.39 is 8.32 Å². The molecule has 0 fully saturated rings. The summed E-state index contributed by atoms with van der Waals surface area (Å²) in [4.78, 5) is 29.0. The van der Waals surface area contributed by atoms with E-state index in [-0.39, 0.29) is 22.6 Å². The Kier molecular flexibility index (Phi) is 9.63. The van der Waals surface area contributed by atoms with Gasteiger partial charge in [-0.1, -0.05) is 101 Å². The SMILES string of the molecule is CC(C)(C)[Si](C)(C)Oc1cccc2c1C(=O)N(Cc1ccc(Br)cc1)C2.O=C1c2c(O)cccc2CN1Cc1ccc(Br)cc1. The van der Waals surface area contributed by atoms with Crippen LogP contribution < -0.4 is 4.43 Å². The predicted octanol–water partition coefficient (Wildman–Crippen LogP) is 9.30. The van der Waals surface area contributed by atoms with Crippen molar-refractivity contribution in [2.45, 2.75) is 65.1 Å². The molecule has 4 aromatic rings. The van der Waals surface area contributed by atoms with E-state index in [4.69, 9.17) is 4.43 Å². The molecular formula is C36H38Br2N2O4Si. The van der Waals surface area contributed by atoms with Crippen LogP contribution >= 0.6 is 31.9 Å². The van der Waals surface area contributed by atoms with Crippen molar-refractivity contribution in [3.05, 3.63) is 127 Å². The van der Waals surface area contributed by atoms with Crippen molar-refractivity contribution in [2.75, 3.05) is 0 Å². The summed E-state index contributed by atoms with van der Waals surface area (Å²) in [6.45, 7) is 13.4. The van der Waals surface area contributed by atoms with Crippen molar-refractivity contribution in [3.63, 3.8) is 0 Å². The van der Waals surface area contributed by atoms with Gasteiger partial charge in [-0.15, -0.1) is 0 Å². The van der Waals surface area contributed by atoms with E-state index in [1.54, 1.807) is 17.0 Å². The number of nitrogens with zero attached hydrogens (tertiary/aromatic N) is 2. The molecule has 9 heteroatoms. The lowest BCUT2D eigenvalue weighted by atomic mass is 10.1. The normalized spacial score (nSPS) is 14.2. The van der Waals surface area contributed by atoms with Gasteiger partial charge in [0.25, 0.3) is 20.1 Å². The molecule has 0 radical (unpaired) electrons. The molecule has 0 unspecified atom stereocenters. The predicted molar refractivity (Wildman–Crippen MR) is 188 cm³/mol. The number of benzene rings is 4. The maximum absolute atomic E-state index is 13.1. The number of hydrogen-bond acceptors (Lipinski definition) is 4. The Morgan fingerprint density at radius 2 is 1.16 bits per heavy atom. The smallest absolute Gasteiger partial charge is 0.258 e. The standard InChI is InChI=1S/C21H26BrNO2Si.C15H12BrNO2/c1-21(2,3)26(4,5)25-18-8-6-7-16-14-23(20(24)19(16)18)13-15-9-11-17(22)12-10-15;16-12-6-4-10(5-7-12)8-17-9-11-2-1-3-13(18)14(11)15(17)19/h6-12H,13-14H2,1-5H3;1-7,18H,8-9H2. The molecule has 0 spiro atoms. The molecule has 0 atom stereocenters. The maximum Gasteiger partial charge on any atom is 0.258 e. The number of phenolic OH excluding ortho intramolecular Hbond substituents is 1. The van der Waals surface area contributed by atoms with Gasteiger partial charge in [0.15, 0.2) is 0 Å². The fraction of sp³-hybridized carbons (Fsp3) is 0.278. The minimum atomic E-state index is -2.00. The Bertz CT molecular complexity index is 1720. The Balaban J connectivity index is 0.000000186. The third-order valence-electron chi connectivity index (χ3n) is 8.71. The van der Waals surface area contributed by atoms with Crippen molar-refractivity contribution >= 4 is 52.0 Å². The lowest BCUT2D eigenvalue weighted by Gasteiger charge is -2.36. The first-order valence-corrected chi connectivity index (χ1v) is 19.4. The van der Waals surface area contributed by atoms with Crippen molar-refractivity contribution < 1.29 is 19.1 Å². The van der Waals surface area contributed by atoms with Gasteiger partial charge in [-0.25, -0.2) is 0 Å². The lowest BCUT2D eigenvalue weighted by Crippen LogP contribution is -2.44. The van der Waals surface area contributed by atoms with Crippen LogP contribution in [0.1, 0.15) is 63.7 Å². The number of rotatable bonds is 6. The summed E-state index contributed by atoms with van der Waals surface area (Å²) >= 11 is 6.84. The Morgan fingerprint density at radius 3 is 1.62 bits per heavy atom. The number of fused-ring (bicyclic) bond motifs is 2. The second-order valence-electron chi connectivity index (χ2n) is 13.0. The summed E-state index contributed by atoms with van der Waals surface area (Å²) in [6, 6.07) is 27.2. The highest BCUT2D eigenvalue weighted by Gasteiger charge is 2.41. The first-order chi connectivity index (χ1) is 21.2. The Hall–Kier alpha value is -3.40. The number of aromatic hydroxyl groups is 1. The molecule has 2 aliphatic heterocycles. The summed E-state index contributed by atoms with van der Waals surface area (Å²) in [5, 5.41) is 9.86. The van der Waals surface area contributed by atoms with E-state index in [0.29, 0.717) is 31.7 Å². The molecule has 0 aliphatic carbocycles. The van der Waals surface area contributed by atoms with Crippen LogP contribution in [0.3, 0.4) is 0 Å². The van der Waals surface area contributed by atoms with E-state index in [2.05, 4.69) is 65.7 Å². The summed E-state index contributed by atoms with van der Waals surface area (Å²) in [6.07, 6.45) is 0. The number of phenols is 1. The van der Waals surface area contributed by atoms with Crippen molar-refractivity contribution in [1.82, 2.24) is 9.80 Å². The van der Waals surface area contributed by atoms with Gasteiger partial charge >= 0.3 is 0 Å². The zero-order chi connectivity index (χ0) is 32.5. The van der Waals surface area contributed by atoms with Crippen LogP contribution in [0.15, 0.2) is 93.9 Å². The monoisotopic (exact) mass is 748 g/mol. The van der Waals surface area contributed by atoms with Gasteiger partial charge in [-0.3, -0.25) is 9.59 Å². The third kappa shape index (κ3) is 7.37. The van der Waals surface area contributed by atoms with Crippen LogP contribution in [0.5, 0.6) is 11.5 Å². The molecule has 6 rings (SSSR count). The number of carbonyl (C=O) groups is 2. The van der Waals surface area contributed by atoms with Crippen molar-refractivity contribution in [1.29, 1.82) is 0 Å². The van der Waals surface area contributed by atoms with Crippen LogP contribution in [0.2, 0.25) is 18.1 Å². The topological polar surface area (TPSA) is 70.1 Å². The van der Waals surface area contributed by atoms with Crippen LogP contribution in [0.4, 0.5) is 0 Å². The highest BCUT2D eigenvalue weighted by Crippen LogP contribution is 2.40. The van der Waals surface area contributed by atoms with E-state index in [1.807, 2.05) is 77.7 Å². The van der Waals surface area contributed by atoms with Crippen LogP contribution in [0.25, 0.3) is 0 Å². The quantitative estimate of drug-likeness (QED) is 0.200. The third-order valence-corrected chi connectivity index (χ3v) is 14.1. The van der Waals surface area contributed by atoms with Crippen molar-refractivity contribution in [3.8, 4) is 11.5 Å². The highest BCUT2D eigenvalue weighted by atomic mass is 79.9. The lowest BCUT2D eigenvalue weighted by molar-refractivity contribution is 0.0757. The first-order valence-electron chi connectivity index (χ1n) is 14.9. The summed E-state index contributed by atoms with van der Waals surface area (Å²) < 4.78 is 8.54. The maximum atomic E-state index is 13.1. The fourth-order valence-electron chi connectivity index (χ4n) is 5.18. The van der Waals surface area contributed by atoms with E-state index in [1.165, 1.54) is 0 Å². The van der Waals surface area contributed by atoms with Gasteiger partial charge in [0, 0.05) is 35.1 Å². The van der Waals surface area contributed by atoms with Gasteiger partial charge in [0.2, 0.25) is 0 Å². The second-order valence-corrected chi connectivity index (χ2v) is 19.6. The molecule has 45 heavy (non-hydrogen) atoms. The second kappa shape index (κ2) is 13.1. The molecule has 2 aliphatic rings. The minimum absolute atomic E-state index is 0.0669. The minimum Gasteiger partial charge on any atom is -0.543 e. The highest BCUT2D eigenvalue weighted by molar-refractivity contribution is 9.10. The molecule has 0 saturated carbocycles. The van der Waals surface area contributed by atoms with Gasteiger partial charge < -0.3 is 19.3 Å². The first kappa shape index (κ1) is 33.0. The number of carbonyl (C=O) groups excluding carboxylic acids is 2. The molecular weight excluding hydrogens is 712 g/mol. The Morgan fingerprint density at radius 1 is 0.711 bits per heavy atom. The molecule has 2 heterocycles. The van der Waals surface area contributed by atoms with Gasteiger partial charge in [0.1, 0.15) is 11.5 Å². The van der Waals surface area contributed by atoms with Crippen LogP contribution in [-0.2, 0) is 26.2 Å². The molecule has 234 valence electrons. The van der Waals surface area contributed by atoms with Crippen LogP contribution in [0, 0.1) is 0 Å². The van der Waals surface area contributed by atoms with E-state index >= 15 is 0 Å². The number of amides is 2. The molecule has 0 saturated heterocycles. The van der Waals surface area contributed by atoms with E-state index in [9.17, 15) is 14.7 Å². The van der Waals surface area contributed by atoms with Crippen LogP contribution in [-0.4, -0.2) is 35.0 Å². The summed E-state index contributed by atoms with van der Waals surface area (Å²) in [5.74, 6) is 0.784. The average Bonchev–Trinajstić information content (AvgIpc) is 3.47. The molecule has 0 aromatic heterocycles. The number of hydrogen-bond donors (Lipinski definition) is 1. The van der Waals surface area contributed by atoms with Gasteiger partial charge in [-0.2, -0.15) is 0 Å². The van der Waals surface area contributed by atoms with Crippen molar-refractivity contribution in [2.24, 2.45) is 0 Å². The number of halogens is 2. The molecule has 6 nitrogen and oxygen atoms in total. The molecule has 0 bridgehead atoms. The fourth-order valence-corrected chi connectivity index (χ4v) is 6.73. The van der Waals surface area contributed by atoms with Gasteiger partial charge in [0.05, 0.1) is 11.1 Å². The summed E-state index contributed by atoms with van der Waals surface area (Å²) in [5.41, 5.74) is 5.34. The van der Waals surface area contributed by atoms with Gasteiger partial charge in [-0.05, 0) is 76.8 Å². The summed E-state index contributed by atoms with van der Waals surface area (Å²) in [7, 11) is -2.00. The molecule has 2 amide bonds. The largest absolute Gasteiger partial charge is 0.543 e. The molecule has 1 N–H and O–H groups in total. The van der Waals surface area contributed by atoms with E-state index in [0.717, 1.165) is 42.5 Å². The Labute approximate surface area is 283 Å². The molecule has 4 aromatic carbocycles. The average molecular weight is 751 g/mol. The zero-order valence-corrected chi connectivity index (χ0v) is 30.4. The zero-order valence-electron chi connectivity index (χ0n) is 26.2.